The second-order valence-electron chi connectivity index (χ2n) is 4.20. The molecular formula is C10H18BrNO. The molecule has 1 aliphatic rings. The van der Waals surface area contributed by atoms with Crippen molar-refractivity contribution in [2.24, 2.45) is 11.8 Å². The summed E-state index contributed by atoms with van der Waals surface area (Å²) >= 11 is 3.54. The summed E-state index contributed by atoms with van der Waals surface area (Å²) in [5, 5.41) is 0. The highest BCUT2D eigenvalue weighted by atomic mass is 79.9. The van der Waals surface area contributed by atoms with Crippen LogP contribution < -0.4 is 0 Å². The lowest BCUT2D eigenvalue weighted by Gasteiger charge is -2.22. The average Bonchev–Trinajstić information content (AvgIpc) is 2.49. The minimum absolute atomic E-state index is 0.165. The van der Waals surface area contributed by atoms with Crippen molar-refractivity contribution in [3.8, 4) is 0 Å². The van der Waals surface area contributed by atoms with Crippen LogP contribution in [-0.2, 0) is 4.79 Å². The van der Waals surface area contributed by atoms with Gasteiger partial charge in [-0.25, -0.2) is 0 Å². The van der Waals surface area contributed by atoms with Gasteiger partial charge >= 0.3 is 0 Å². The molecule has 0 aromatic heterocycles. The third-order valence-electron chi connectivity index (χ3n) is 2.83. The van der Waals surface area contributed by atoms with Gasteiger partial charge in [-0.05, 0) is 12.3 Å². The number of rotatable bonds is 2. The van der Waals surface area contributed by atoms with Gasteiger partial charge in [0.2, 0.25) is 5.91 Å². The molecule has 13 heavy (non-hydrogen) atoms. The van der Waals surface area contributed by atoms with Crippen LogP contribution in [0.15, 0.2) is 0 Å². The van der Waals surface area contributed by atoms with Gasteiger partial charge in [-0.2, -0.15) is 0 Å². The Labute approximate surface area is 88.8 Å². The summed E-state index contributed by atoms with van der Waals surface area (Å²) < 4.78 is 0. The zero-order chi connectivity index (χ0) is 10.0. The molecule has 0 aromatic carbocycles. The van der Waals surface area contributed by atoms with Gasteiger partial charge in [0.1, 0.15) is 0 Å². The number of amides is 1. The Bertz CT molecular complexity index is 193. The molecule has 0 spiro atoms. The third kappa shape index (κ3) is 2.70. The van der Waals surface area contributed by atoms with Crippen molar-refractivity contribution in [1.29, 1.82) is 0 Å². The first-order valence-corrected chi connectivity index (χ1v) is 5.86. The van der Waals surface area contributed by atoms with Gasteiger partial charge in [0.05, 0.1) is 0 Å². The predicted molar refractivity (Wildman–Crippen MR) is 57.9 cm³/mol. The number of nitrogens with zero attached hydrogens (tertiary/aromatic N) is 1. The molecule has 0 aliphatic carbocycles. The second-order valence-corrected chi connectivity index (χ2v) is 5.50. The molecule has 2 nitrogen and oxygen atoms in total. The highest BCUT2D eigenvalue weighted by Gasteiger charge is 2.28. The Morgan fingerprint density at radius 3 is 2.46 bits per heavy atom. The Morgan fingerprint density at radius 2 is 2.08 bits per heavy atom. The Balaban J connectivity index is 2.48. The van der Waals surface area contributed by atoms with Gasteiger partial charge in [-0.15, -0.1) is 0 Å². The van der Waals surface area contributed by atoms with E-state index in [-0.39, 0.29) is 5.92 Å². The second kappa shape index (κ2) is 4.45. The molecule has 3 heteroatoms. The van der Waals surface area contributed by atoms with Crippen molar-refractivity contribution < 1.29 is 4.79 Å². The molecule has 1 saturated heterocycles. The van der Waals surface area contributed by atoms with Crippen LogP contribution in [0.2, 0.25) is 0 Å². The first kappa shape index (κ1) is 11.0. The van der Waals surface area contributed by atoms with Crippen LogP contribution in [0, 0.1) is 11.8 Å². The monoisotopic (exact) mass is 247 g/mol. The number of halogens is 1. The summed E-state index contributed by atoms with van der Waals surface area (Å²) in [6.07, 6.45) is 1.09. The minimum atomic E-state index is 0.165. The van der Waals surface area contributed by atoms with E-state index in [1.165, 1.54) is 0 Å². The number of hydrogen-bond acceptors (Lipinski definition) is 1. The molecule has 1 heterocycles. The maximum Gasteiger partial charge on any atom is 0.225 e. The fraction of sp³-hybridized carbons (Fsp3) is 0.900. The molecule has 0 saturated carbocycles. The standard InChI is InChI=1S/C10H18BrNO/c1-7(2)8(3)10(13)12-5-4-9(11)6-12/h7-9H,4-6H2,1-3H3. The highest BCUT2D eigenvalue weighted by molar-refractivity contribution is 9.09. The highest BCUT2D eigenvalue weighted by Crippen LogP contribution is 2.21. The van der Waals surface area contributed by atoms with E-state index in [9.17, 15) is 4.79 Å². The number of carbonyl (C=O) groups is 1. The molecule has 1 aliphatic heterocycles. The van der Waals surface area contributed by atoms with Crippen LogP contribution in [0.3, 0.4) is 0 Å². The fourth-order valence-electron chi connectivity index (χ4n) is 1.49. The van der Waals surface area contributed by atoms with Crippen molar-refractivity contribution in [3.05, 3.63) is 0 Å². The Morgan fingerprint density at radius 1 is 1.46 bits per heavy atom. The smallest absolute Gasteiger partial charge is 0.225 e. The number of hydrogen-bond donors (Lipinski definition) is 0. The molecule has 2 atom stereocenters. The van der Waals surface area contributed by atoms with Crippen LogP contribution in [-0.4, -0.2) is 28.7 Å². The molecule has 1 amide bonds. The summed E-state index contributed by atoms with van der Waals surface area (Å²) in [4.78, 5) is 14.3. The topological polar surface area (TPSA) is 20.3 Å². The van der Waals surface area contributed by atoms with E-state index in [1.807, 2.05) is 11.8 Å². The summed E-state index contributed by atoms with van der Waals surface area (Å²) in [5.74, 6) is 0.927. The van der Waals surface area contributed by atoms with Gasteiger partial charge in [0.15, 0.2) is 0 Å². The fourth-order valence-corrected chi connectivity index (χ4v) is 2.05. The lowest BCUT2D eigenvalue weighted by molar-refractivity contribution is -0.135. The molecule has 76 valence electrons. The maximum absolute atomic E-state index is 11.8. The van der Waals surface area contributed by atoms with Crippen molar-refractivity contribution in [1.82, 2.24) is 4.90 Å². The molecular weight excluding hydrogens is 230 g/mol. The zero-order valence-corrected chi connectivity index (χ0v) is 10.2. The molecule has 2 unspecified atom stereocenters. The Hall–Kier alpha value is -0.0500. The van der Waals surface area contributed by atoms with Crippen LogP contribution in [0.5, 0.6) is 0 Å². The summed E-state index contributed by atoms with van der Waals surface area (Å²) in [6.45, 7) is 8.03. The van der Waals surface area contributed by atoms with Crippen molar-refractivity contribution in [2.45, 2.75) is 32.0 Å². The molecule has 0 aromatic rings. The molecule has 0 bridgehead atoms. The van der Waals surface area contributed by atoms with Crippen LogP contribution in [0.4, 0.5) is 0 Å². The zero-order valence-electron chi connectivity index (χ0n) is 8.59. The van der Waals surface area contributed by atoms with Crippen molar-refractivity contribution in [2.75, 3.05) is 13.1 Å². The average molecular weight is 248 g/mol. The maximum atomic E-state index is 11.8. The largest absolute Gasteiger partial charge is 0.341 e. The van der Waals surface area contributed by atoms with Crippen LogP contribution in [0.1, 0.15) is 27.2 Å². The van der Waals surface area contributed by atoms with E-state index in [4.69, 9.17) is 0 Å². The SMILES string of the molecule is CC(C)C(C)C(=O)N1CCC(Br)C1. The normalized spacial score (nSPS) is 25.3. The predicted octanol–water partition coefficient (Wildman–Crippen LogP) is 2.27. The van der Waals surface area contributed by atoms with E-state index >= 15 is 0 Å². The summed E-state index contributed by atoms with van der Waals surface area (Å²) in [5.41, 5.74) is 0. The number of likely N-dealkylation sites (tertiary alicyclic amines) is 1. The van der Waals surface area contributed by atoms with E-state index in [2.05, 4.69) is 29.8 Å². The number of alkyl halides is 1. The minimum Gasteiger partial charge on any atom is -0.341 e. The molecule has 0 N–H and O–H groups in total. The van der Waals surface area contributed by atoms with Crippen molar-refractivity contribution in [3.63, 3.8) is 0 Å². The van der Waals surface area contributed by atoms with E-state index in [1.54, 1.807) is 0 Å². The van der Waals surface area contributed by atoms with Gasteiger partial charge in [-0.1, -0.05) is 36.7 Å². The quantitative estimate of drug-likeness (QED) is 0.686. The lowest BCUT2D eigenvalue weighted by atomic mass is 9.97. The van der Waals surface area contributed by atoms with Crippen molar-refractivity contribution >= 4 is 21.8 Å². The third-order valence-corrected chi connectivity index (χ3v) is 3.58. The van der Waals surface area contributed by atoms with Gasteiger partial charge in [0, 0.05) is 23.8 Å². The first-order chi connectivity index (χ1) is 6.02. The van der Waals surface area contributed by atoms with Crippen LogP contribution >= 0.6 is 15.9 Å². The molecule has 1 fully saturated rings. The van der Waals surface area contributed by atoms with E-state index in [0.717, 1.165) is 19.5 Å². The van der Waals surface area contributed by atoms with Gasteiger partial charge in [0.25, 0.3) is 0 Å². The Kier molecular flexibility index (Phi) is 3.77. The van der Waals surface area contributed by atoms with Crippen LogP contribution in [0.25, 0.3) is 0 Å². The summed E-state index contributed by atoms with van der Waals surface area (Å²) in [7, 11) is 0. The molecule has 0 radical (unpaired) electrons. The van der Waals surface area contributed by atoms with Gasteiger partial charge < -0.3 is 4.90 Å². The number of carbonyl (C=O) groups excluding carboxylic acids is 1. The van der Waals surface area contributed by atoms with Gasteiger partial charge in [-0.3, -0.25) is 4.79 Å². The van der Waals surface area contributed by atoms with E-state index in [0.29, 0.717) is 16.7 Å². The summed E-state index contributed by atoms with van der Waals surface area (Å²) in [6, 6.07) is 0. The lowest BCUT2D eigenvalue weighted by Crippen LogP contribution is -2.35. The molecule has 1 rings (SSSR count). The first-order valence-electron chi connectivity index (χ1n) is 4.95. The van der Waals surface area contributed by atoms with E-state index < -0.39 is 0 Å².